The molecule has 1 saturated heterocycles. The molecule has 3 unspecified atom stereocenters. The van der Waals surface area contributed by atoms with Crippen LogP contribution in [-0.2, 0) is 4.74 Å². The number of ether oxygens (including phenoxy) is 1. The van der Waals surface area contributed by atoms with Crippen molar-refractivity contribution in [3.63, 3.8) is 0 Å². The van der Waals surface area contributed by atoms with E-state index in [2.05, 4.69) is 27.8 Å². The lowest BCUT2D eigenvalue weighted by molar-refractivity contribution is -0.127. The molecule has 1 aromatic rings. The van der Waals surface area contributed by atoms with E-state index in [0.717, 1.165) is 43.8 Å². The number of nitrogens with one attached hydrogen (secondary N) is 3. The summed E-state index contributed by atoms with van der Waals surface area (Å²) >= 11 is 0. The van der Waals surface area contributed by atoms with Gasteiger partial charge in [0, 0.05) is 30.5 Å². The summed E-state index contributed by atoms with van der Waals surface area (Å²) < 4.78 is 5.95. The number of H-pyrrole nitrogens is 1. The van der Waals surface area contributed by atoms with Crippen LogP contribution in [0.3, 0.4) is 0 Å². The molecule has 6 heteroatoms. The molecule has 3 N–H and O–H groups in total. The molecule has 3 fully saturated rings. The Hall–Kier alpha value is -1.40. The Morgan fingerprint density at radius 2 is 2.29 bits per heavy atom. The van der Waals surface area contributed by atoms with Gasteiger partial charge in [0.25, 0.3) is 5.91 Å². The van der Waals surface area contributed by atoms with Gasteiger partial charge in [0.05, 0.1) is 23.6 Å². The lowest BCUT2D eigenvalue weighted by Gasteiger charge is -2.54. The molecule has 0 aromatic carbocycles. The second-order valence-corrected chi connectivity index (χ2v) is 7.53. The van der Waals surface area contributed by atoms with E-state index in [9.17, 15) is 4.79 Å². The molecule has 0 radical (unpaired) electrons. The van der Waals surface area contributed by atoms with Crippen LogP contribution >= 0.6 is 0 Å². The fourth-order valence-corrected chi connectivity index (χ4v) is 5.01. The van der Waals surface area contributed by atoms with Crippen molar-refractivity contribution in [3.8, 4) is 0 Å². The predicted molar refractivity (Wildman–Crippen MR) is 91.0 cm³/mol. The molecule has 24 heavy (non-hydrogen) atoms. The number of hydrogen-bond acceptors (Lipinski definition) is 4. The van der Waals surface area contributed by atoms with E-state index in [-0.39, 0.29) is 17.4 Å². The lowest BCUT2D eigenvalue weighted by atomic mass is 9.60. The van der Waals surface area contributed by atoms with E-state index >= 15 is 0 Å². The molecule has 3 atom stereocenters. The van der Waals surface area contributed by atoms with Gasteiger partial charge in [0.15, 0.2) is 0 Å². The van der Waals surface area contributed by atoms with Crippen molar-refractivity contribution in [2.24, 2.45) is 5.41 Å². The predicted octanol–water partition coefficient (Wildman–Crippen LogP) is 1.95. The molecule has 1 spiro atoms. The number of rotatable bonds is 5. The standard InChI is InChI=1S/C18H28N4O2/c1-2-24-15-9-14(18(15)6-3-4-7-18)21-17(23)13-11-20-22-16(13)12-5-8-19-10-12/h11-12,14-15,19H,2-10H2,1H3,(H,20,22)(H,21,23). The van der Waals surface area contributed by atoms with Crippen LogP contribution in [-0.4, -0.2) is 47.9 Å². The molecule has 1 aromatic heterocycles. The van der Waals surface area contributed by atoms with Gasteiger partial charge in [-0.3, -0.25) is 9.89 Å². The van der Waals surface area contributed by atoms with Crippen LogP contribution in [0.2, 0.25) is 0 Å². The third kappa shape index (κ3) is 2.56. The molecule has 2 heterocycles. The SMILES string of the molecule is CCOC1CC(NC(=O)c2cn[nH]c2C2CCNC2)C12CCCC2. The Labute approximate surface area is 143 Å². The Balaban J connectivity index is 1.46. The highest BCUT2D eigenvalue weighted by molar-refractivity contribution is 5.95. The average molecular weight is 332 g/mol. The number of carbonyl (C=O) groups excluding carboxylic acids is 1. The zero-order chi connectivity index (χ0) is 16.6. The number of aromatic amines is 1. The molecule has 4 rings (SSSR count). The summed E-state index contributed by atoms with van der Waals surface area (Å²) in [5.41, 5.74) is 1.88. The minimum atomic E-state index is 0.0249. The topological polar surface area (TPSA) is 79.0 Å². The minimum absolute atomic E-state index is 0.0249. The van der Waals surface area contributed by atoms with Crippen LogP contribution in [0.5, 0.6) is 0 Å². The Morgan fingerprint density at radius 3 is 3.00 bits per heavy atom. The van der Waals surface area contributed by atoms with Gasteiger partial charge < -0.3 is 15.4 Å². The smallest absolute Gasteiger partial charge is 0.254 e. The van der Waals surface area contributed by atoms with Crippen LogP contribution in [0.1, 0.15) is 67.4 Å². The van der Waals surface area contributed by atoms with Crippen molar-refractivity contribution < 1.29 is 9.53 Å². The molecular formula is C18H28N4O2. The first-order chi connectivity index (χ1) is 11.7. The number of amides is 1. The normalized spacial score (nSPS) is 31.3. The summed E-state index contributed by atoms with van der Waals surface area (Å²) in [6, 6.07) is 0.244. The first kappa shape index (κ1) is 16.1. The van der Waals surface area contributed by atoms with E-state index in [4.69, 9.17) is 4.74 Å². The monoisotopic (exact) mass is 332 g/mol. The molecule has 2 saturated carbocycles. The second kappa shape index (κ2) is 6.48. The molecule has 132 valence electrons. The maximum Gasteiger partial charge on any atom is 0.254 e. The Bertz CT molecular complexity index is 588. The summed E-state index contributed by atoms with van der Waals surface area (Å²) in [6.45, 7) is 4.74. The van der Waals surface area contributed by atoms with Crippen molar-refractivity contribution in [1.29, 1.82) is 0 Å². The molecule has 1 aliphatic heterocycles. The number of hydrogen-bond donors (Lipinski definition) is 3. The van der Waals surface area contributed by atoms with Gasteiger partial charge in [0.1, 0.15) is 0 Å². The lowest BCUT2D eigenvalue weighted by Crippen LogP contribution is -2.63. The van der Waals surface area contributed by atoms with Gasteiger partial charge in [0.2, 0.25) is 0 Å². The van der Waals surface area contributed by atoms with Crippen molar-refractivity contribution in [2.45, 2.75) is 63.5 Å². The van der Waals surface area contributed by atoms with Crippen LogP contribution < -0.4 is 10.6 Å². The van der Waals surface area contributed by atoms with Crippen molar-refractivity contribution >= 4 is 5.91 Å². The highest BCUT2D eigenvalue weighted by Crippen LogP contribution is 2.54. The maximum absolute atomic E-state index is 12.9. The highest BCUT2D eigenvalue weighted by atomic mass is 16.5. The number of aromatic nitrogens is 2. The first-order valence-corrected chi connectivity index (χ1v) is 9.41. The zero-order valence-electron chi connectivity index (χ0n) is 14.4. The molecule has 6 nitrogen and oxygen atoms in total. The third-order valence-corrected chi connectivity index (χ3v) is 6.37. The Morgan fingerprint density at radius 1 is 1.46 bits per heavy atom. The first-order valence-electron chi connectivity index (χ1n) is 9.41. The molecule has 0 bridgehead atoms. The van der Waals surface area contributed by atoms with Gasteiger partial charge in [-0.25, -0.2) is 0 Å². The summed E-state index contributed by atoms with van der Waals surface area (Å²) in [7, 11) is 0. The van der Waals surface area contributed by atoms with Crippen molar-refractivity contribution in [2.75, 3.05) is 19.7 Å². The van der Waals surface area contributed by atoms with E-state index in [1.165, 1.54) is 25.7 Å². The molecular weight excluding hydrogens is 304 g/mol. The minimum Gasteiger partial charge on any atom is -0.378 e. The van der Waals surface area contributed by atoms with Crippen LogP contribution in [0.15, 0.2) is 6.20 Å². The van der Waals surface area contributed by atoms with Crippen molar-refractivity contribution in [3.05, 3.63) is 17.5 Å². The van der Waals surface area contributed by atoms with Gasteiger partial charge in [-0.05, 0) is 39.2 Å². The van der Waals surface area contributed by atoms with Gasteiger partial charge in [-0.2, -0.15) is 5.10 Å². The highest BCUT2D eigenvalue weighted by Gasteiger charge is 2.57. The molecule has 1 amide bonds. The van der Waals surface area contributed by atoms with Crippen LogP contribution in [0.4, 0.5) is 0 Å². The van der Waals surface area contributed by atoms with Gasteiger partial charge >= 0.3 is 0 Å². The zero-order valence-corrected chi connectivity index (χ0v) is 14.4. The van der Waals surface area contributed by atoms with E-state index in [0.29, 0.717) is 12.0 Å². The van der Waals surface area contributed by atoms with E-state index in [1.807, 2.05) is 0 Å². The summed E-state index contributed by atoms with van der Waals surface area (Å²) in [5, 5.41) is 13.8. The van der Waals surface area contributed by atoms with Gasteiger partial charge in [-0.1, -0.05) is 12.8 Å². The maximum atomic E-state index is 12.9. The molecule has 2 aliphatic carbocycles. The van der Waals surface area contributed by atoms with Crippen molar-refractivity contribution in [1.82, 2.24) is 20.8 Å². The summed E-state index contributed by atoms with van der Waals surface area (Å²) in [6.07, 6.45) is 8.85. The largest absolute Gasteiger partial charge is 0.378 e. The van der Waals surface area contributed by atoms with Crippen LogP contribution in [0.25, 0.3) is 0 Å². The number of nitrogens with zero attached hydrogens (tertiary/aromatic N) is 1. The fraction of sp³-hybridized carbons (Fsp3) is 0.778. The quantitative estimate of drug-likeness (QED) is 0.770. The summed E-state index contributed by atoms with van der Waals surface area (Å²) in [5.74, 6) is 0.392. The second-order valence-electron chi connectivity index (χ2n) is 7.53. The summed E-state index contributed by atoms with van der Waals surface area (Å²) in [4.78, 5) is 12.9. The average Bonchev–Trinajstić information content (AvgIpc) is 3.34. The van der Waals surface area contributed by atoms with Gasteiger partial charge in [-0.15, -0.1) is 0 Å². The van der Waals surface area contributed by atoms with Crippen LogP contribution in [0, 0.1) is 5.41 Å². The Kier molecular flexibility index (Phi) is 4.35. The third-order valence-electron chi connectivity index (χ3n) is 6.37. The fourth-order valence-electron chi connectivity index (χ4n) is 5.01. The van der Waals surface area contributed by atoms with E-state index in [1.54, 1.807) is 6.20 Å². The number of carbonyl (C=O) groups is 1. The molecule has 3 aliphatic rings. The van der Waals surface area contributed by atoms with E-state index < -0.39 is 0 Å².